The summed E-state index contributed by atoms with van der Waals surface area (Å²) in [5.41, 5.74) is 1.77. The summed E-state index contributed by atoms with van der Waals surface area (Å²) in [7, 11) is 0. The van der Waals surface area contributed by atoms with Crippen molar-refractivity contribution in [3.8, 4) is 0 Å². The molecule has 0 saturated heterocycles. The molecule has 10 nitrogen and oxygen atoms in total. The third-order valence-corrected chi connectivity index (χ3v) is 6.21. The van der Waals surface area contributed by atoms with E-state index in [-0.39, 0.29) is 41.1 Å². The molecule has 1 aromatic carbocycles. The van der Waals surface area contributed by atoms with Crippen molar-refractivity contribution in [3.63, 3.8) is 0 Å². The highest BCUT2D eigenvalue weighted by Gasteiger charge is 2.26. The van der Waals surface area contributed by atoms with Crippen LogP contribution in [0.2, 0.25) is 0 Å². The van der Waals surface area contributed by atoms with Gasteiger partial charge in [0.1, 0.15) is 22.7 Å². The van der Waals surface area contributed by atoms with Crippen LogP contribution in [-0.4, -0.2) is 50.0 Å². The van der Waals surface area contributed by atoms with Crippen LogP contribution in [-0.2, 0) is 23.4 Å². The van der Waals surface area contributed by atoms with Crippen LogP contribution in [0.1, 0.15) is 75.6 Å². The molecule has 0 atom stereocenters. The zero-order valence-electron chi connectivity index (χ0n) is 24.6. The number of amides is 2. The predicted molar refractivity (Wildman–Crippen MR) is 156 cm³/mol. The smallest absolute Gasteiger partial charge is 0.410 e. The Hall–Kier alpha value is -4.28. The summed E-state index contributed by atoms with van der Waals surface area (Å²) < 4.78 is 20.0. The quantitative estimate of drug-likeness (QED) is 0.320. The van der Waals surface area contributed by atoms with Crippen molar-refractivity contribution in [1.82, 2.24) is 25.2 Å². The van der Waals surface area contributed by atoms with Crippen LogP contribution in [0.15, 0.2) is 42.7 Å². The van der Waals surface area contributed by atoms with Crippen LogP contribution in [0.5, 0.6) is 0 Å². The number of fused-ring (bicyclic) bond motifs is 1. The van der Waals surface area contributed by atoms with Gasteiger partial charge in [-0.1, -0.05) is 6.07 Å². The van der Waals surface area contributed by atoms with E-state index in [0.29, 0.717) is 25.2 Å². The van der Waals surface area contributed by atoms with E-state index in [0.717, 1.165) is 16.8 Å². The van der Waals surface area contributed by atoms with Gasteiger partial charge in [-0.25, -0.2) is 14.2 Å². The second-order valence-electron chi connectivity index (χ2n) is 11.9. The normalized spacial score (nSPS) is 13.4. The molecule has 2 aromatic heterocycles. The average Bonchev–Trinajstić information content (AvgIpc) is 2.87. The highest BCUT2D eigenvalue weighted by Crippen LogP contribution is 2.28. The van der Waals surface area contributed by atoms with Gasteiger partial charge in [-0.3, -0.25) is 9.78 Å². The number of pyridine rings is 1. The Morgan fingerprint density at radius 2 is 1.73 bits per heavy atom. The lowest BCUT2D eigenvalue weighted by Crippen LogP contribution is -2.39. The van der Waals surface area contributed by atoms with Gasteiger partial charge in [0.05, 0.1) is 5.69 Å². The maximum Gasteiger partial charge on any atom is 0.410 e. The fraction of sp³-hybridized carbons (Fsp3) is 0.433. The van der Waals surface area contributed by atoms with Crippen molar-refractivity contribution in [2.45, 2.75) is 78.7 Å². The molecule has 3 heterocycles. The molecule has 0 radical (unpaired) electrons. The van der Waals surface area contributed by atoms with Crippen LogP contribution < -0.4 is 16.0 Å². The number of hydrogen-bond acceptors (Lipinski definition) is 8. The zero-order chi connectivity index (χ0) is 29.9. The summed E-state index contributed by atoms with van der Waals surface area (Å²) >= 11 is 0. The van der Waals surface area contributed by atoms with Crippen molar-refractivity contribution in [2.24, 2.45) is 0 Å². The highest BCUT2D eigenvalue weighted by molar-refractivity contribution is 5.99. The number of nitrogens with one attached hydrogen (secondary N) is 3. The van der Waals surface area contributed by atoms with Crippen molar-refractivity contribution in [2.75, 3.05) is 17.2 Å². The summed E-state index contributed by atoms with van der Waals surface area (Å²) in [4.78, 5) is 40.2. The minimum Gasteiger partial charge on any atom is -0.444 e. The molecule has 0 saturated carbocycles. The van der Waals surface area contributed by atoms with E-state index in [1.807, 2.05) is 52.8 Å². The molecule has 0 bridgehead atoms. The van der Waals surface area contributed by atoms with E-state index in [1.165, 1.54) is 26.2 Å². The lowest BCUT2D eigenvalue weighted by molar-refractivity contribution is 0.0224. The molecule has 218 valence electrons. The minimum atomic E-state index is -1.63. The Bertz CT molecular complexity index is 1430. The van der Waals surface area contributed by atoms with E-state index in [4.69, 9.17) is 4.74 Å². The molecule has 0 spiro atoms. The first-order valence-corrected chi connectivity index (χ1v) is 13.6. The Morgan fingerprint density at radius 1 is 1.00 bits per heavy atom. The summed E-state index contributed by atoms with van der Waals surface area (Å²) in [6.07, 6.45) is 3.32. The number of halogens is 1. The van der Waals surface area contributed by atoms with Gasteiger partial charge < -0.3 is 25.6 Å². The number of alkyl halides is 1. The van der Waals surface area contributed by atoms with Crippen molar-refractivity contribution in [1.29, 1.82) is 0 Å². The predicted octanol–water partition coefficient (Wildman–Crippen LogP) is 5.99. The number of carbonyl (C=O) groups excluding carboxylic acids is 2. The van der Waals surface area contributed by atoms with E-state index >= 15 is 0 Å². The summed E-state index contributed by atoms with van der Waals surface area (Å²) in [6, 6.07) is 9.05. The average molecular weight is 564 g/mol. The fourth-order valence-corrected chi connectivity index (χ4v) is 4.26. The highest BCUT2D eigenvalue weighted by atomic mass is 19.1. The van der Waals surface area contributed by atoms with E-state index < -0.39 is 11.3 Å². The van der Waals surface area contributed by atoms with E-state index in [1.54, 1.807) is 17.0 Å². The maximum absolute atomic E-state index is 14.5. The molecule has 3 aromatic rings. The number of hydrogen-bond donors (Lipinski definition) is 3. The first-order chi connectivity index (χ1) is 19.2. The number of anilines is 4. The first kappa shape index (κ1) is 29.7. The van der Waals surface area contributed by atoms with Crippen molar-refractivity contribution in [3.05, 3.63) is 65.1 Å². The third-order valence-electron chi connectivity index (χ3n) is 6.21. The zero-order valence-corrected chi connectivity index (χ0v) is 24.6. The molecule has 3 N–H and O–H groups in total. The Morgan fingerprint density at radius 3 is 2.41 bits per heavy atom. The topological polar surface area (TPSA) is 121 Å². The second-order valence-corrected chi connectivity index (χ2v) is 11.9. The number of aromatic nitrogens is 3. The molecular weight excluding hydrogens is 525 g/mol. The minimum absolute atomic E-state index is 0.0882. The molecule has 0 fully saturated rings. The molecule has 2 amide bonds. The third kappa shape index (κ3) is 7.90. The Labute approximate surface area is 240 Å². The SMILES string of the molecule is CC(C)NC(=O)c1cnc(Nc2ccc3c(c2)CCN(C(=O)OC(C)(C)C)C3)nc1Nc1ccnc(C(C)(C)F)c1. The largest absolute Gasteiger partial charge is 0.444 e. The fourth-order valence-electron chi connectivity index (χ4n) is 4.26. The molecule has 1 aliphatic heterocycles. The lowest BCUT2D eigenvalue weighted by atomic mass is 9.99. The van der Waals surface area contributed by atoms with Gasteiger partial charge in [-0.15, -0.1) is 0 Å². The van der Waals surface area contributed by atoms with Crippen molar-refractivity contribution < 1.29 is 18.7 Å². The Kier molecular flexibility index (Phi) is 8.46. The van der Waals surface area contributed by atoms with Crippen molar-refractivity contribution >= 4 is 35.1 Å². The van der Waals surface area contributed by atoms with Gasteiger partial charge in [0, 0.05) is 42.9 Å². The number of rotatable bonds is 7. The Balaban J connectivity index is 1.56. The molecule has 11 heteroatoms. The van der Waals surface area contributed by atoms with Gasteiger partial charge in [0.15, 0.2) is 0 Å². The molecular formula is C30H38FN7O3. The van der Waals surface area contributed by atoms with Crippen LogP contribution in [0.25, 0.3) is 0 Å². The first-order valence-electron chi connectivity index (χ1n) is 13.6. The monoisotopic (exact) mass is 563 g/mol. The van der Waals surface area contributed by atoms with Gasteiger partial charge in [-0.05, 0) is 90.3 Å². The molecule has 0 aliphatic carbocycles. The molecule has 1 aliphatic rings. The van der Waals surface area contributed by atoms with Gasteiger partial charge in [0.2, 0.25) is 5.95 Å². The molecule has 41 heavy (non-hydrogen) atoms. The lowest BCUT2D eigenvalue weighted by Gasteiger charge is -2.31. The van der Waals surface area contributed by atoms with Gasteiger partial charge in [-0.2, -0.15) is 4.98 Å². The van der Waals surface area contributed by atoms with Crippen LogP contribution in [0, 0.1) is 0 Å². The summed E-state index contributed by atoms with van der Waals surface area (Å²) in [6.45, 7) is 13.2. The number of ether oxygens (including phenoxy) is 1. The summed E-state index contributed by atoms with van der Waals surface area (Å²) in [5.74, 6) is 0.206. The van der Waals surface area contributed by atoms with Crippen LogP contribution >= 0.6 is 0 Å². The number of benzene rings is 1. The van der Waals surface area contributed by atoms with Crippen LogP contribution in [0.4, 0.5) is 32.3 Å². The molecule has 0 unspecified atom stereocenters. The number of carbonyl (C=O) groups is 2. The molecule has 4 rings (SSSR count). The van der Waals surface area contributed by atoms with Crippen LogP contribution in [0.3, 0.4) is 0 Å². The van der Waals surface area contributed by atoms with E-state index in [9.17, 15) is 14.0 Å². The standard InChI is InChI=1S/C30H38FN7O3/c1-18(2)34-26(39)23-16-33-27(37-25(23)35-22-10-12-32-24(15-22)30(6,7)31)36-21-9-8-20-17-38(13-11-19(20)14-21)28(40)41-29(3,4)5/h8-10,12,14-16,18H,11,13,17H2,1-7H3,(H,34,39)(H2,32,33,35,36,37). The van der Waals surface area contributed by atoms with Gasteiger partial charge >= 0.3 is 6.09 Å². The number of nitrogens with zero attached hydrogens (tertiary/aromatic N) is 4. The summed E-state index contributed by atoms with van der Waals surface area (Å²) in [5, 5.41) is 9.21. The van der Waals surface area contributed by atoms with Gasteiger partial charge in [0.25, 0.3) is 5.91 Å². The van der Waals surface area contributed by atoms with E-state index in [2.05, 4.69) is 30.9 Å². The maximum atomic E-state index is 14.5. The second kappa shape index (κ2) is 11.7.